The molecule has 1 aliphatic heterocycles. The van der Waals surface area contributed by atoms with Crippen LogP contribution in [0.5, 0.6) is 0 Å². The van der Waals surface area contributed by atoms with Crippen LogP contribution in [0.1, 0.15) is 17.5 Å². The van der Waals surface area contributed by atoms with Gasteiger partial charge in [-0.25, -0.2) is 4.79 Å². The average molecular weight is 261 g/mol. The quantitative estimate of drug-likeness (QED) is 0.677. The van der Waals surface area contributed by atoms with Crippen LogP contribution in [-0.4, -0.2) is 23.9 Å². The number of aryl methyl sites for hydroxylation is 1. The Morgan fingerprint density at radius 1 is 1.37 bits per heavy atom. The molecular formula is C13H15N3O3. The number of nitrogens with one attached hydrogen (secondary N) is 3. The summed E-state index contributed by atoms with van der Waals surface area (Å²) in [6.45, 7) is 2.38. The van der Waals surface area contributed by atoms with Crippen LogP contribution < -0.4 is 16.0 Å². The summed E-state index contributed by atoms with van der Waals surface area (Å²) in [5.41, 5.74) is 2.11. The van der Waals surface area contributed by atoms with Gasteiger partial charge >= 0.3 is 6.03 Å². The maximum absolute atomic E-state index is 11.7. The van der Waals surface area contributed by atoms with Crippen molar-refractivity contribution in [3.05, 3.63) is 35.4 Å². The summed E-state index contributed by atoms with van der Waals surface area (Å²) in [7, 11) is 0. The minimum atomic E-state index is -0.773. The number of hydrogen-bond acceptors (Lipinski definition) is 3. The molecule has 2 rings (SSSR count). The van der Waals surface area contributed by atoms with E-state index in [4.69, 9.17) is 0 Å². The lowest BCUT2D eigenvalue weighted by atomic mass is 10.1. The Kier molecular flexibility index (Phi) is 3.79. The van der Waals surface area contributed by atoms with Crippen LogP contribution in [0, 0.1) is 6.92 Å². The maximum Gasteiger partial charge on any atom is 0.322 e. The number of carbonyl (C=O) groups is 3. The van der Waals surface area contributed by atoms with Gasteiger partial charge < -0.3 is 10.6 Å². The minimum absolute atomic E-state index is 0.0522. The Bertz CT molecular complexity index is 528. The van der Waals surface area contributed by atoms with E-state index in [9.17, 15) is 14.4 Å². The predicted molar refractivity (Wildman–Crippen MR) is 68.1 cm³/mol. The van der Waals surface area contributed by atoms with Crippen LogP contribution in [-0.2, 0) is 16.1 Å². The van der Waals surface area contributed by atoms with E-state index < -0.39 is 18.0 Å². The second-order valence-corrected chi connectivity index (χ2v) is 4.49. The molecule has 1 atom stereocenters. The summed E-state index contributed by atoms with van der Waals surface area (Å²) in [6.07, 6.45) is -0.0522. The van der Waals surface area contributed by atoms with Crippen molar-refractivity contribution in [1.29, 1.82) is 0 Å². The average Bonchev–Trinajstić information content (AvgIpc) is 2.65. The second-order valence-electron chi connectivity index (χ2n) is 4.49. The molecule has 1 saturated heterocycles. The number of urea groups is 1. The number of hydrogen-bond donors (Lipinski definition) is 3. The summed E-state index contributed by atoms with van der Waals surface area (Å²) in [6, 6.07) is 6.46. The molecule has 1 aromatic carbocycles. The molecule has 6 heteroatoms. The van der Waals surface area contributed by atoms with Crippen molar-refractivity contribution in [3.63, 3.8) is 0 Å². The van der Waals surface area contributed by atoms with Gasteiger partial charge in [0.2, 0.25) is 5.91 Å². The van der Waals surface area contributed by atoms with Gasteiger partial charge in [0.1, 0.15) is 6.04 Å². The third-order valence-corrected chi connectivity index (χ3v) is 2.82. The first-order chi connectivity index (χ1) is 9.04. The van der Waals surface area contributed by atoms with E-state index in [0.717, 1.165) is 11.1 Å². The normalized spacial score (nSPS) is 17.8. The molecule has 6 nitrogen and oxygen atoms in total. The maximum atomic E-state index is 11.7. The van der Waals surface area contributed by atoms with E-state index >= 15 is 0 Å². The van der Waals surface area contributed by atoms with Crippen molar-refractivity contribution in [1.82, 2.24) is 16.0 Å². The molecule has 3 N–H and O–H groups in total. The van der Waals surface area contributed by atoms with Gasteiger partial charge in [-0.3, -0.25) is 14.9 Å². The molecule has 0 bridgehead atoms. The third-order valence-electron chi connectivity index (χ3n) is 2.82. The molecule has 1 aliphatic rings. The molecule has 1 heterocycles. The molecule has 1 fully saturated rings. The van der Waals surface area contributed by atoms with E-state index in [0.29, 0.717) is 6.54 Å². The van der Waals surface area contributed by atoms with Gasteiger partial charge in [-0.2, -0.15) is 0 Å². The largest absolute Gasteiger partial charge is 0.352 e. The minimum Gasteiger partial charge on any atom is -0.352 e. The van der Waals surface area contributed by atoms with Crippen LogP contribution in [0.15, 0.2) is 24.3 Å². The van der Waals surface area contributed by atoms with Crippen molar-refractivity contribution in [2.75, 3.05) is 0 Å². The molecule has 19 heavy (non-hydrogen) atoms. The molecule has 1 unspecified atom stereocenters. The molecule has 0 saturated carbocycles. The standard InChI is InChI=1S/C13H15N3O3/c1-8-3-2-4-9(5-8)7-14-11(17)6-10-12(18)16-13(19)15-10/h2-5,10H,6-7H2,1H3,(H,14,17)(H2,15,16,18,19). The van der Waals surface area contributed by atoms with Crippen molar-refractivity contribution >= 4 is 17.8 Å². The Morgan fingerprint density at radius 3 is 2.79 bits per heavy atom. The molecule has 1 aromatic rings. The summed E-state index contributed by atoms with van der Waals surface area (Å²) < 4.78 is 0. The van der Waals surface area contributed by atoms with E-state index in [2.05, 4.69) is 16.0 Å². The highest BCUT2D eigenvalue weighted by Crippen LogP contribution is 2.04. The highest BCUT2D eigenvalue weighted by atomic mass is 16.2. The van der Waals surface area contributed by atoms with E-state index in [1.807, 2.05) is 31.2 Å². The Morgan fingerprint density at radius 2 is 2.16 bits per heavy atom. The highest BCUT2D eigenvalue weighted by molar-refractivity contribution is 6.05. The van der Waals surface area contributed by atoms with Crippen LogP contribution in [0.3, 0.4) is 0 Å². The summed E-state index contributed by atoms with van der Waals surface area (Å²) in [5, 5.41) is 7.18. The molecule has 100 valence electrons. The topological polar surface area (TPSA) is 87.3 Å². The Balaban J connectivity index is 1.82. The molecule has 0 spiro atoms. The fourth-order valence-electron chi connectivity index (χ4n) is 1.88. The van der Waals surface area contributed by atoms with E-state index in [1.54, 1.807) is 0 Å². The van der Waals surface area contributed by atoms with Gasteiger partial charge in [0, 0.05) is 6.54 Å². The van der Waals surface area contributed by atoms with E-state index in [1.165, 1.54) is 0 Å². The zero-order valence-electron chi connectivity index (χ0n) is 10.5. The molecule has 0 radical (unpaired) electrons. The SMILES string of the molecule is Cc1cccc(CNC(=O)CC2NC(=O)NC2=O)c1. The predicted octanol–water partition coefficient (Wildman–Crippen LogP) is 0.209. The van der Waals surface area contributed by atoms with Gasteiger partial charge in [-0.1, -0.05) is 29.8 Å². The lowest BCUT2D eigenvalue weighted by Crippen LogP contribution is -2.36. The molecular weight excluding hydrogens is 246 g/mol. The third kappa shape index (κ3) is 3.54. The zero-order valence-corrected chi connectivity index (χ0v) is 10.5. The lowest BCUT2D eigenvalue weighted by molar-refractivity contribution is -0.126. The van der Waals surface area contributed by atoms with Crippen LogP contribution in [0.2, 0.25) is 0 Å². The zero-order chi connectivity index (χ0) is 13.8. The van der Waals surface area contributed by atoms with Gasteiger partial charge in [0.25, 0.3) is 5.91 Å². The van der Waals surface area contributed by atoms with Gasteiger partial charge in [-0.05, 0) is 12.5 Å². The number of rotatable bonds is 4. The number of carbonyl (C=O) groups excluding carboxylic acids is 3. The Hall–Kier alpha value is -2.37. The van der Waals surface area contributed by atoms with Crippen molar-refractivity contribution in [2.45, 2.75) is 25.9 Å². The van der Waals surface area contributed by atoms with Crippen molar-refractivity contribution in [2.24, 2.45) is 0 Å². The second kappa shape index (κ2) is 5.51. The van der Waals surface area contributed by atoms with E-state index in [-0.39, 0.29) is 12.3 Å². The first kappa shape index (κ1) is 13.1. The summed E-state index contributed by atoms with van der Waals surface area (Å²) in [5.74, 6) is -0.737. The van der Waals surface area contributed by atoms with Gasteiger partial charge in [0.15, 0.2) is 0 Å². The number of amides is 4. The first-order valence-corrected chi connectivity index (χ1v) is 5.98. The van der Waals surface area contributed by atoms with Crippen LogP contribution in [0.25, 0.3) is 0 Å². The monoisotopic (exact) mass is 261 g/mol. The summed E-state index contributed by atoms with van der Waals surface area (Å²) in [4.78, 5) is 33.8. The van der Waals surface area contributed by atoms with Crippen molar-refractivity contribution in [3.8, 4) is 0 Å². The van der Waals surface area contributed by atoms with Gasteiger partial charge in [0.05, 0.1) is 6.42 Å². The number of imide groups is 1. The fourth-order valence-corrected chi connectivity index (χ4v) is 1.88. The molecule has 0 aromatic heterocycles. The van der Waals surface area contributed by atoms with Crippen molar-refractivity contribution < 1.29 is 14.4 Å². The summed E-state index contributed by atoms with van der Waals surface area (Å²) >= 11 is 0. The molecule has 0 aliphatic carbocycles. The first-order valence-electron chi connectivity index (χ1n) is 5.98. The van der Waals surface area contributed by atoms with Crippen LogP contribution in [0.4, 0.5) is 4.79 Å². The number of benzene rings is 1. The highest BCUT2D eigenvalue weighted by Gasteiger charge is 2.30. The van der Waals surface area contributed by atoms with Crippen LogP contribution >= 0.6 is 0 Å². The van der Waals surface area contributed by atoms with Gasteiger partial charge in [-0.15, -0.1) is 0 Å². The molecule has 4 amide bonds. The smallest absolute Gasteiger partial charge is 0.322 e. The fraction of sp³-hybridized carbons (Fsp3) is 0.308. The lowest BCUT2D eigenvalue weighted by Gasteiger charge is -2.08. The Labute approximate surface area is 110 Å².